The Morgan fingerprint density at radius 3 is 2.16 bits per heavy atom. The molecule has 0 radical (unpaired) electrons. The molecule has 5 rings (SSSR count). The molecule has 1 aromatic rings. The fraction of sp³-hybridized carbons (Fsp3) is 0.686. The van der Waals surface area contributed by atoms with Crippen molar-refractivity contribution in [2.24, 2.45) is 52.3 Å². The monoisotopic (exact) mass is 592 g/mol. The number of carbonyl (C=O) groups excluding carboxylic acids is 1. The summed E-state index contributed by atoms with van der Waals surface area (Å²) in [7, 11) is 0. The highest BCUT2D eigenvalue weighted by molar-refractivity contribution is 5.91. The first kappa shape index (κ1) is 31.4. The number of hydrogen-bond donors (Lipinski definition) is 0. The van der Waals surface area contributed by atoms with Crippen LogP contribution in [0, 0.1) is 72.5 Å². The van der Waals surface area contributed by atoms with Crippen molar-refractivity contribution >= 4 is 17.3 Å². The zero-order valence-corrected chi connectivity index (χ0v) is 26.6. The normalized spacial score (nSPS) is 35.0. The third kappa shape index (κ3) is 5.78. The summed E-state index contributed by atoms with van der Waals surface area (Å²) in [6.07, 6.45) is 15.6. The van der Waals surface area contributed by atoms with Crippen molar-refractivity contribution in [1.29, 1.82) is 0 Å². The molecular weight excluding hydrogens is 544 g/mol. The van der Waals surface area contributed by atoms with E-state index in [0.29, 0.717) is 46.8 Å². The van der Waals surface area contributed by atoms with E-state index in [4.69, 9.17) is 4.74 Å². The van der Waals surface area contributed by atoms with Gasteiger partial charge in [0.2, 0.25) is 0 Å². The molecular formula is C35H48N2O6. The molecule has 1 aromatic carbocycles. The van der Waals surface area contributed by atoms with Crippen LogP contribution in [0.2, 0.25) is 0 Å². The lowest BCUT2D eigenvalue weighted by molar-refractivity contribution is -0.394. The van der Waals surface area contributed by atoms with Crippen LogP contribution in [0.1, 0.15) is 103 Å². The highest BCUT2D eigenvalue weighted by Crippen LogP contribution is 2.67. The number of carbonyl (C=O) groups is 1. The Morgan fingerprint density at radius 1 is 0.907 bits per heavy atom. The number of benzene rings is 1. The number of fused-ring (bicyclic) bond motifs is 5. The fourth-order valence-corrected chi connectivity index (χ4v) is 9.33. The zero-order chi connectivity index (χ0) is 31.3. The summed E-state index contributed by atoms with van der Waals surface area (Å²) in [5.74, 6) is 3.42. The van der Waals surface area contributed by atoms with Crippen molar-refractivity contribution in [3.05, 3.63) is 67.8 Å². The smallest absolute Gasteiger partial charge is 0.338 e. The lowest BCUT2D eigenvalue weighted by Gasteiger charge is -2.58. The predicted octanol–water partition coefficient (Wildman–Crippen LogP) is 9.09. The van der Waals surface area contributed by atoms with Gasteiger partial charge in [-0.15, -0.1) is 0 Å². The second-order valence-corrected chi connectivity index (χ2v) is 14.9. The summed E-state index contributed by atoms with van der Waals surface area (Å²) in [6, 6.07) is 2.99. The molecule has 0 aromatic heterocycles. The number of allylic oxidation sites excluding steroid dienone is 4. The van der Waals surface area contributed by atoms with Crippen molar-refractivity contribution in [3.63, 3.8) is 0 Å². The average Bonchev–Trinajstić information content (AvgIpc) is 3.32. The van der Waals surface area contributed by atoms with Gasteiger partial charge in [0, 0.05) is 12.1 Å². The maximum atomic E-state index is 13.0. The van der Waals surface area contributed by atoms with Gasteiger partial charge in [0.05, 0.1) is 21.5 Å². The van der Waals surface area contributed by atoms with Crippen LogP contribution in [0.3, 0.4) is 0 Å². The Labute approximate surface area is 255 Å². The summed E-state index contributed by atoms with van der Waals surface area (Å²) >= 11 is 0. The molecule has 3 fully saturated rings. The van der Waals surface area contributed by atoms with E-state index in [1.165, 1.54) is 25.7 Å². The van der Waals surface area contributed by atoms with Gasteiger partial charge in [0.15, 0.2) is 0 Å². The second kappa shape index (κ2) is 11.8. The number of hydrogen-bond acceptors (Lipinski definition) is 6. The van der Waals surface area contributed by atoms with E-state index in [-0.39, 0.29) is 17.1 Å². The lowest BCUT2D eigenvalue weighted by atomic mass is 9.47. The molecule has 9 atom stereocenters. The first-order chi connectivity index (χ1) is 20.2. The molecule has 0 heterocycles. The summed E-state index contributed by atoms with van der Waals surface area (Å²) in [5, 5.41) is 22.6. The Hall–Kier alpha value is -3.03. The van der Waals surface area contributed by atoms with Crippen LogP contribution in [0.5, 0.6) is 0 Å². The van der Waals surface area contributed by atoms with E-state index in [1.54, 1.807) is 5.57 Å². The summed E-state index contributed by atoms with van der Waals surface area (Å²) in [5.41, 5.74) is 1.07. The van der Waals surface area contributed by atoms with Gasteiger partial charge in [-0.2, -0.15) is 0 Å². The van der Waals surface area contributed by atoms with E-state index >= 15 is 0 Å². The topological polar surface area (TPSA) is 113 Å². The predicted molar refractivity (Wildman–Crippen MR) is 166 cm³/mol. The van der Waals surface area contributed by atoms with Crippen LogP contribution in [0.4, 0.5) is 11.4 Å². The average molecular weight is 593 g/mol. The van der Waals surface area contributed by atoms with Crippen molar-refractivity contribution in [2.75, 3.05) is 0 Å². The standard InChI is InChI=1S/C35H48N2O6/c1-21(2)22(3)7-8-23(4)30-11-12-31-29-10-9-25-19-28(13-15-34(25,5)32(29)14-16-35(30,31)6)43-33(38)24-17-26(36(39)40)20-27(18-24)37(41)42/h7-8,10,17-18,20-23,25,28,30-32H,9,11-16,19H2,1-6H3/b8-7+/t22-,23+,25?,28+,30?,31?,32?,34+,35?/m0/s1. The van der Waals surface area contributed by atoms with Crippen molar-refractivity contribution < 1.29 is 19.4 Å². The number of nitro benzene ring substituents is 2. The number of ether oxygens (including phenoxy) is 1. The maximum Gasteiger partial charge on any atom is 0.338 e. The Kier molecular flexibility index (Phi) is 8.62. The minimum absolute atomic E-state index is 0.148. The molecule has 8 heteroatoms. The summed E-state index contributed by atoms with van der Waals surface area (Å²) < 4.78 is 5.85. The van der Waals surface area contributed by atoms with Gasteiger partial charge in [-0.05, 0) is 104 Å². The lowest BCUT2D eigenvalue weighted by Crippen LogP contribution is -2.50. The molecule has 43 heavy (non-hydrogen) atoms. The van der Waals surface area contributed by atoms with Gasteiger partial charge in [-0.3, -0.25) is 20.2 Å². The largest absolute Gasteiger partial charge is 0.459 e. The second-order valence-electron chi connectivity index (χ2n) is 14.9. The highest BCUT2D eigenvalue weighted by Gasteiger charge is 2.58. The maximum absolute atomic E-state index is 13.0. The molecule has 3 saturated carbocycles. The van der Waals surface area contributed by atoms with Crippen LogP contribution >= 0.6 is 0 Å². The Morgan fingerprint density at radius 2 is 1.53 bits per heavy atom. The molecule has 4 aliphatic carbocycles. The van der Waals surface area contributed by atoms with E-state index in [1.807, 2.05) is 0 Å². The van der Waals surface area contributed by atoms with Gasteiger partial charge in [0.1, 0.15) is 6.10 Å². The SMILES string of the molecule is CC(C)[C@@H](C)/C=C/[C@@H](C)C1CCC2C3=CCC4C[C@H](OC(=O)c5cc([N+](=O)[O-])cc([N+](=O)[O-])c5)CC[C@@]4(C)C3CCC21C. The molecule has 234 valence electrons. The fourth-order valence-electron chi connectivity index (χ4n) is 9.33. The molecule has 0 bridgehead atoms. The molecule has 0 N–H and O–H groups in total. The van der Waals surface area contributed by atoms with Gasteiger partial charge < -0.3 is 4.74 Å². The van der Waals surface area contributed by atoms with Gasteiger partial charge in [-0.1, -0.05) is 65.3 Å². The van der Waals surface area contributed by atoms with Gasteiger partial charge in [-0.25, -0.2) is 4.79 Å². The van der Waals surface area contributed by atoms with Crippen LogP contribution in [-0.2, 0) is 4.74 Å². The van der Waals surface area contributed by atoms with Crippen LogP contribution < -0.4 is 0 Å². The minimum Gasteiger partial charge on any atom is -0.459 e. The van der Waals surface area contributed by atoms with E-state index in [2.05, 4.69) is 59.8 Å². The molecule has 0 saturated heterocycles. The van der Waals surface area contributed by atoms with Crippen molar-refractivity contribution in [3.8, 4) is 0 Å². The van der Waals surface area contributed by atoms with E-state index in [9.17, 15) is 25.0 Å². The Balaban J connectivity index is 1.28. The number of nitro groups is 2. The molecule has 0 aliphatic heterocycles. The van der Waals surface area contributed by atoms with Crippen LogP contribution in [-0.4, -0.2) is 21.9 Å². The van der Waals surface area contributed by atoms with Crippen molar-refractivity contribution in [2.45, 2.75) is 99.0 Å². The summed E-state index contributed by atoms with van der Waals surface area (Å²) in [6.45, 7) is 14.3. The van der Waals surface area contributed by atoms with E-state index < -0.39 is 27.2 Å². The molecule has 0 amide bonds. The van der Waals surface area contributed by atoms with Crippen molar-refractivity contribution in [1.82, 2.24) is 0 Å². The Bertz CT molecular complexity index is 1300. The summed E-state index contributed by atoms with van der Waals surface area (Å²) in [4.78, 5) is 34.1. The third-order valence-electron chi connectivity index (χ3n) is 12.3. The zero-order valence-electron chi connectivity index (χ0n) is 26.6. The quantitative estimate of drug-likeness (QED) is 0.129. The third-order valence-corrected chi connectivity index (χ3v) is 12.3. The first-order valence-corrected chi connectivity index (χ1v) is 16.3. The molecule has 5 unspecified atom stereocenters. The van der Waals surface area contributed by atoms with Crippen LogP contribution in [0.25, 0.3) is 0 Å². The van der Waals surface area contributed by atoms with Gasteiger partial charge >= 0.3 is 5.97 Å². The van der Waals surface area contributed by atoms with E-state index in [0.717, 1.165) is 43.9 Å². The number of non-ortho nitro benzene ring substituents is 2. The number of nitrogens with zero attached hydrogens (tertiary/aromatic N) is 2. The number of esters is 1. The molecule has 0 spiro atoms. The molecule has 4 aliphatic rings. The first-order valence-electron chi connectivity index (χ1n) is 16.3. The van der Waals surface area contributed by atoms with Crippen LogP contribution in [0.15, 0.2) is 42.0 Å². The molecule has 8 nitrogen and oxygen atoms in total. The van der Waals surface area contributed by atoms with Gasteiger partial charge in [0.25, 0.3) is 11.4 Å². The highest BCUT2D eigenvalue weighted by atomic mass is 16.6. The minimum atomic E-state index is -0.733. The number of rotatable bonds is 8.